The van der Waals surface area contributed by atoms with E-state index in [0.29, 0.717) is 19.5 Å². The van der Waals surface area contributed by atoms with Crippen LogP contribution in [-0.2, 0) is 27.8 Å². The predicted octanol–water partition coefficient (Wildman–Crippen LogP) is 2.96. The summed E-state index contributed by atoms with van der Waals surface area (Å²) in [5.74, 6) is -0.694. The van der Waals surface area contributed by atoms with Crippen LogP contribution in [0.4, 0.5) is 10.1 Å². The van der Waals surface area contributed by atoms with E-state index in [1.807, 2.05) is 18.2 Å². The molecule has 0 radical (unpaired) electrons. The molecular weight excluding hydrogens is 367 g/mol. The Kier molecular flexibility index (Phi) is 5.51. The van der Waals surface area contributed by atoms with Gasteiger partial charge in [0.25, 0.3) is 0 Å². The van der Waals surface area contributed by atoms with Crippen molar-refractivity contribution in [1.29, 1.82) is 0 Å². The maximum atomic E-state index is 13.3. The van der Waals surface area contributed by atoms with Crippen LogP contribution in [0.25, 0.3) is 0 Å². The van der Waals surface area contributed by atoms with Crippen molar-refractivity contribution < 1.29 is 17.6 Å². The summed E-state index contributed by atoms with van der Waals surface area (Å²) in [5, 5.41) is 0. The van der Waals surface area contributed by atoms with Crippen molar-refractivity contribution in [1.82, 2.24) is 4.90 Å². The molecule has 2 aromatic rings. The van der Waals surface area contributed by atoms with Gasteiger partial charge in [-0.1, -0.05) is 31.2 Å². The van der Waals surface area contributed by atoms with Gasteiger partial charge in [-0.15, -0.1) is 0 Å². The van der Waals surface area contributed by atoms with Gasteiger partial charge in [-0.2, -0.15) is 0 Å². The molecule has 1 unspecified atom stereocenters. The number of nitrogens with zero attached hydrogens (tertiary/aromatic N) is 2. The number of rotatable bonds is 5. The molecule has 7 heteroatoms. The fourth-order valence-corrected chi connectivity index (χ4v) is 4.73. The molecule has 27 heavy (non-hydrogen) atoms. The third-order valence-corrected chi connectivity index (χ3v) is 6.02. The van der Waals surface area contributed by atoms with Crippen molar-refractivity contribution in [2.24, 2.45) is 0 Å². The minimum atomic E-state index is -3.72. The van der Waals surface area contributed by atoms with Crippen molar-refractivity contribution in [2.45, 2.75) is 32.4 Å². The molecule has 1 heterocycles. The van der Waals surface area contributed by atoms with Gasteiger partial charge in [0.1, 0.15) is 11.9 Å². The Morgan fingerprint density at radius 1 is 1.15 bits per heavy atom. The standard InChI is InChI=1S/C20H23FN2O3S/c1-3-19(23(27(2,25)26)18-10-8-17(21)9-11-18)20(24)22-13-12-15-6-4-5-7-16(15)14-22/h4-11,19H,3,12-14H2,1-2H3. The molecular formula is C20H23FN2O3S. The second-order valence-electron chi connectivity index (χ2n) is 6.74. The van der Waals surface area contributed by atoms with E-state index in [1.54, 1.807) is 11.8 Å². The number of halogens is 1. The van der Waals surface area contributed by atoms with Crippen molar-refractivity contribution in [3.8, 4) is 0 Å². The second-order valence-corrected chi connectivity index (χ2v) is 8.60. The molecule has 0 bridgehead atoms. The smallest absolute Gasteiger partial charge is 0.246 e. The van der Waals surface area contributed by atoms with E-state index in [9.17, 15) is 17.6 Å². The maximum absolute atomic E-state index is 13.3. The van der Waals surface area contributed by atoms with Crippen LogP contribution in [0.5, 0.6) is 0 Å². The van der Waals surface area contributed by atoms with Gasteiger partial charge in [0.05, 0.1) is 11.9 Å². The number of carbonyl (C=O) groups excluding carboxylic acids is 1. The van der Waals surface area contributed by atoms with Gasteiger partial charge >= 0.3 is 0 Å². The number of hydrogen-bond acceptors (Lipinski definition) is 3. The van der Waals surface area contributed by atoms with Crippen molar-refractivity contribution in [3.63, 3.8) is 0 Å². The van der Waals surface area contributed by atoms with E-state index in [-0.39, 0.29) is 11.6 Å². The lowest BCUT2D eigenvalue weighted by atomic mass is 9.99. The molecule has 0 saturated carbocycles. The van der Waals surface area contributed by atoms with Gasteiger partial charge < -0.3 is 4.90 Å². The largest absolute Gasteiger partial charge is 0.336 e. The minimum absolute atomic E-state index is 0.234. The van der Waals surface area contributed by atoms with Crippen LogP contribution < -0.4 is 4.31 Å². The molecule has 0 N–H and O–H groups in total. The molecule has 0 saturated heterocycles. The predicted molar refractivity (Wildman–Crippen MR) is 103 cm³/mol. The monoisotopic (exact) mass is 390 g/mol. The first-order chi connectivity index (χ1) is 12.8. The van der Waals surface area contributed by atoms with Gasteiger partial charge in [0.2, 0.25) is 15.9 Å². The van der Waals surface area contributed by atoms with Crippen molar-refractivity contribution >= 4 is 21.6 Å². The van der Waals surface area contributed by atoms with E-state index in [4.69, 9.17) is 0 Å². The highest BCUT2D eigenvalue weighted by atomic mass is 32.2. The van der Waals surface area contributed by atoms with E-state index < -0.39 is 21.9 Å². The molecule has 1 atom stereocenters. The summed E-state index contributed by atoms with van der Waals surface area (Å²) in [6.07, 6.45) is 2.13. The Hall–Kier alpha value is -2.41. The first kappa shape index (κ1) is 19.4. The molecule has 0 fully saturated rings. The summed E-state index contributed by atoms with van der Waals surface area (Å²) in [6.45, 7) is 2.79. The highest BCUT2D eigenvalue weighted by Crippen LogP contribution is 2.26. The number of fused-ring (bicyclic) bond motifs is 1. The molecule has 0 aliphatic carbocycles. The van der Waals surface area contributed by atoms with Crippen LogP contribution in [0, 0.1) is 5.82 Å². The van der Waals surface area contributed by atoms with Gasteiger partial charge in [-0.25, -0.2) is 12.8 Å². The molecule has 1 aliphatic heterocycles. The van der Waals surface area contributed by atoms with Crippen LogP contribution in [0.3, 0.4) is 0 Å². The van der Waals surface area contributed by atoms with Crippen LogP contribution in [0.2, 0.25) is 0 Å². The van der Waals surface area contributed by atoms with Crippen LogP contribution >= 0.6 is 0 Å². The average Bonchev–Trinajstić information content (AvgIpc) is 2.65. The topological polar surface area (TPSA) is 57.7 Å². The van der Waals surface area contributed by atoms with Gasteiger partial charge in [-0.3, -0.25) is 9.10 Å². The van der Waals surface area contributed by atoms with E-state index in [2.05, 4.69) is 6.07 Å². The maximum Gasteiger partial charge on any atom is 0.246 e. The molecule has 0 spiro atoms. The van der Waals surface area contributed by atoms with Gasteiger partial charge in [0, 0.05) is 13.1 Å². The minimum Gasteiger partial charge on any atom is -0.336 e. The zero-order valence-electron chi connectivity index (χ0n) is 15.4. The lowest BCUT2D eigenvalue weighted by Gasteiger charge is -2.36. The Morgan fingerprint density at radius 2 is 1.78 bits per heavy atom. The molecule has 144 valence electrons. The molecule has 3 rings (SSSR count). The van der Waals surface area contributed by atoms with Crippen LogP contribution in [-0.4, -0.2) is 38.1 Å². The van der Waals surface area contributed by atoms with E-state index in [0.717, 1.165) is 22.5 Å². The zero-order valence-corrected chi connectivity index (χ0v) is 16.2. The molecule has 5 nitrogen and oxygen atoms in total. The number of sulfonamides is 1. The number of hydrogen-bond donors (Lipinski definition) is 0. The van der Waals surface area contributed by atoms with Gasteiger partial charge in [0.15, 0.2) is 0 Å². The highest BCUT2D eigenvalue weighted by Gasteiger charge is 2.35. The third kappa shape index (κ3) is 4.13. The number of benzene rings is 2. The SMILES string of the molecule is CCC(C(=O)N1CCc2ccccc2C1)N(c1ccc(F)cc1)S(C)(=O)=O. The lowest BCUT2D eigenvalue weighted by Crippen LogP contribution is -2.51. The third-order valence-electron chi connectivity index (χ3n) is 4.84. The molecule has 0 aromatic heterocycles. The van der Waals surface area contributed by atoms with Crippen LogP contribution in [0.15, 0.2) is 48.5 Å². The summed E-state index contributed by atoms with van der Waals surface area (Å²) in [5.41, 5.74) is 2.59. The molecule has 1 amide bonds. The number of anilines is 1. The van der Waals surface area contributed by atoms with Crippen LogP contribution in [0.1, 0.15) is 24.5 Å². The van der Waals surface area contributed by atoms with E-state index >= 15 is 0 Å². The number of carbonyl (C=O) groups is 1. The van der Waals surface area contributed by atoms with Gasteiger partial charge in [-0.05, 0) is 48.2 Å². The average molecular weight is 390 g/mol. The Bertz CT molecular complexity index is 928. The quantitative estimate of drug-likeness (QED) is 0.789. The molecule has 1 aliphatic rings. The Balaban J connectivity index is 1.91. The fraction of sp³-hybridized carbons (Fsp3) is 0.350. The second kappa shape index (κ2) is 7.68. The Labute approximate surface area is 159 Å². The summed E-state index contributed by atoms with van der Waals surface area (Å²) < 4.78 is 39.3. The normalized spacial score (nSPS) is 15.1. The molecule has 2 aromatic carbocycles. The lowest BCUT2D eigenvalue weighted by molar-refractivity contribution is -0.133. The fourth-order valence-electron chi connectivity index (χ4n) is 3.53. The summed E-state index contributed by atoms with van der Waals surface area (Å²) in [4.78, 5) is 14.9. The summed E-state index contributed by atoms with van der Waals surface area (Å²) >= 11 is 0. The summed E-state index contributed by atoms with van der Waals surface area (Å²) in [6, 6.07) is 12.3. The first-order valence-corrected chi connectivity index (χ1v) is 10.8. The first-order valence-electron chi connectivity index (χ1n) is 8.91. The van der Waals surface area contributed by atoms with E-state index in [1.165, 1.54) is 29.8 Å². The Morgan fingerprint density at radius 3 is 2.37 bits per heavy atom. The number of amides is 1. The van der Waals surface area contributed by atoms with Crippen molar-refractivity contribution in [3.05, 3.63) is 65.5 Å². The zero-order chi connectivity index (χ0) is 19.6. The highest BCUT2D eigenvalue weighted by molar-refractivity contribution is 7.92. The summed E-state index contributed by atoms with van der Waals surface area (Å²) in [7, 11) is -3.72. The van der Waals surface area contributed by atoms with Crippen molar-refractivity contribution in [2.75, 3.05) is 17.1 Å².